The number of halogens is 8. The van der Waals surface area contributed by atoms with Crippen molar-refractivity contribution >= 4 is 111 Å². The standard InChI is InChI=1S/C17H14Cl8N4/c18-7-9-29(10-8-19)12-4-1-11(2-5-12)3-6-13-26-14(16(20,21)22)28-15(27-13)17(23,24)25/h1-6H,7-10H2. The lowest BCUT2D eigenvalue weighted by atomic mass is 10.2. The van der Waals surface area contributed by atoms with Crippen LogP contribution in [0.5, 0.6) is 0 Å². The topological polar surface area (TPSA) is 41.9 Å². The predicted octanol–water partition coefficient (Wildman–Crippen LogP) is 6.98. The Morgan fingerprint density at radius 3 is 1.62 bits per heavy atom. The van der Waals surface area contributed by atoms with Crippen molar-refractivity contribution < 1.29 is 0 Å². The van der Waals surface area contributed by atoms with Gasteiger partial charge in [-0.25, -0.2) is 15.0 Å². The molecule has 12 heteroatoms. The molecule has 0 unspecified atom stereocenters. The number of anilines is 1. The summed E-state index contributed by atoms with van der Waals surface area (Å²) in [5.74, 6) is 0.903. The van der Waals surface area contributed by atoms with Crippen LogP contribution in [0.2, 0.25) is 0 Å². The Morgan fingerprint density at radius 1 is 0.724 bits per heavy atom. The van der Waals surface area contributed by atoms with Gasteiger partial charge in [-0.1, -0.05) is 87.8 Å². The van der Waals surface area contributed by atoms with Crippen LogP contribution in [0.3, 0.4) is 0 Å². The van der Waals surface area contributed by atoms with E-state index in [-0.39, 0.29) is 17.5 Å². The SMILES string of the molecule is ClCCN(CCCl)c1ccc(C=Cc2nc(C(Cl)(Cl)Cl)nc(C(Cl)(Cl)Cl)n2)cc1. The van der Waals surface area contributed by atoms with E-state index in [9.17, 15) is 0 Å². The molecule has 0 bridgehead atoms. The van der Waals surface area contributed by atoms with Crippen LogP contribution < -0.4 is 4.90 Å². The molecule has 0 fully saturated rings. The number of hydrogen-bond acceptors (Lipinski definition) is 4. The average molecular weight is 558 g/mol. The molecule has 2 aromatic rings. The summed E-state index contributed by atoms with van der Waals surface area (Å²) < 4.78 is -3.79. The molecule has 0 atom stereocenters. The van der Waals surface area contributed by atoms with Crippen LogP contribution in [-0.4, -0.2) is 39.8 Å². The average Bonchev–Trinajstić information content (AvgIpc) is 2.65. The zero-order chi connectivity index (χ0) is 21.7. The van der Waals surface area contributed by atoms with Crippen LogP contribution in [0.1, 0.15) is 23.0 Å². The minimum absolute atomic E-state index is 0.147. The minimum atomic E-state index is -1.90. The Kier molecular flexibility index (Phi) is 9.71. The lowest BCUT2D eigenvalue weighted by Crippen LogP contribution is -2.27. The van der Waals surface area contributed by atoms with E-state index in [0.29, 0.717) is 24.8 Å². The van der Waals surface area contributed by atoms with E-state index in [2.05, 4.69) is 19.9 Å². The van der Waals surface area contributed by atoms with Crippen molar-refractivity contribution in [2.75, 3.05) is 29.7 Å². The van der Waals surface area contributed by atoms with Crippen molar-refractivity contribution in [3.63, 3.8) is 0 Å². The Bertz CT molecular complexity index is 793. The smallest absolute Gasteiger partial charge is 0.250 e. The molecule has 0 radical (unpaired) electrons. The van der Waals surface area contributed by atoms with Gasteiger partial charge in [-0.15, -0.1) is 23.2 Å². The van der Waals surface area contributed by atoms with E-state index in [1.807, 2.05) is 24.3 Å². The van der Waals surface area contributed by atoms with Gasteiger partial charge in [0, 0.05) is 30.5 Å². The zero-order valence-corrected chi connectivity index (χ0v) is 20.7. The largest absolute Gasteiger partial charge is 0.369 e. The molecule has 1 aromatic heterocycles. The molecular formula is C17H14Cl8N4. The molecule has 4 nitrogen and oxygen atoms in total. The van der Waals surface area contributed by atoms with Gasteiger partial charge in [0.15, 0.2) is 17.5 Å². The summed E-state index contributed by atoms with van der Waals surface area (Å²) in [5.41, 5.74) is 1.90. The first-order chi connectivity index (χ1) is 13.5. The van der Waals surface area contributed by atoms with Gasteiger partial charge in [-0.05, 0) is 23.8 Å². The Hall–Kier alpha value is 0.0900. The fourth-order valence-corrected chi connectivity index (χ4v) is 3.18. The second-order valence-corrected chi connectivity index (χ2v) is 10.9. The van der Waals surface area contributed by atoms with Gasteiger partial charge in [-0.2, -0.15) is 0 Å². The van der Waals surface area contributed by atoms with Gasteiger partial charge in [-0.3, -0.25) is 0 Å². The van der Waals surface area contributed by atoms with E-state index in [1.54, 1.807) is 12.2 Å². The second-order valence-electron chi connectivity index (χ2n) is 5.63. The van der Waals surface area contributed by atoms with Gasteiger partial charge < -0.3 is 4.90 Å². The van der Waals surface area contributed by atoms with Gasteiger partial charge in [0.25, 0.3) is 0 Å². The third-order valence-electron chi connectivity index (χ3n) is 3.55. The van der Waals surface area contributed by atoms with E-state index >= 15 is 0 Å². The normalized spacial score (nSPS) is 12.6. The second kappa shape index (κ2) is 11.1. The summed E-state index contributed by atoms with van der Waals surface area (Å²) in [7, 11) is 0. The van der Waals surface area contributed by atoms with Crippen LogP contribution in [0.25, 0.3) is 12.2 Å². The molecule has 0 amide bonds. The highest BCUT2D eigenvalue weighted by molar-refractivity contribution is 6.67. The molecule has 0 N–H and O–H groups in total. The fraction of sp³-hybridized carbons (Fsp3) is 0.353. The predicted molar refractivity (Wildman–Crippen MR) is 127 cm³/mol. The molecule has 1 heterocycles. The lowest BCUT2D eigenvalue weighted by molar-refractivity contribution is 0.835. The van der Waals surface area contributed by atoms with Crippen LogP contribution in [-0.2, 0) is 7.59 Å². The van der Waals surface area contributed by atoms with E-state index in [1.165, 1.54) is 0 Å². The third kappa shape index (κ3) is 7.93. The molecule has 158 valence electrons. The van der Waals surface area contributed by atoms with Crippen molar-refractivity contribution in [3.8, 4) is 0 Å². The van der Waals surface area contributed by atoms with Crippen LogP contribution in [0, 0.1) is 0 Å². The molecule has 0 aliphatic carbocycles. The summed E-state index contributed by atoms with van der Waals surface area (Å²) >= 11 is 46.9. The summed E-state index contributed by atoms with van der Waals surface area (Å²) in [6.07, 6.45) is 3.38. The molecular weight excluding hydrogens is 544 g/mol. The summed E-state index contributed by atoms with van der Waals surface area (Å²) in [4.78, 5) is 14.2. The van der Waals surface area contributed by atoms with E-state index < -0.39 is 7.59 Å². The van der Waals surface area contributed by atoms with Crippen LogP contribution >= 0.6 is 92.8 Å². The number of nitrogens with zero attached hydrogens (tertiary/aromatic N) is 4. The Balaban J connectivity index is 2.29. The van der Waals surface area contributed by atoms with Crippen molar-refractivity contribution in [1.82, 2.24) is 15.0 Å². The first-order valence-corrected chi connectivity index (χ1v) is 11.4. The Labute approximate surface area is 209 Å². The maximum atomic E-state index is 5.87. The van der Waals surface area contributed by atoms with E-state index in [4.69, 9.17) is 92.8 Å². The number of hydrogen-bond donors (Lipinski definition) is 0. The van der Waals surface area contributed by atoms with Gasteiger partial charge in [0.05, 0.1) is 0 Å². The van der Waals surface area contributed by atoms with Crippen LogP contribution in [0.15, 0.2) is 24.3 Å². The Morgan fingerprint density at radius 2 is 1.21 bits per heavy atom. The van der Waals surface area contributed by atoms with Gasteiger partial charge in [0.1, 0.15) is 0 Å². The highest BCUT2D eigenvalue weighted by Gasteiger charge is 2.33. The summed E-state index contributed by atoms with van der Waals surface area (Å²) in [6, 6.07) is 7.78. The number of benzene rings is 1. The molecule has 0 aliphatic rings. The number of rotatable bonds is 7. The minimum Gasteiger partial charge on any atom is -0.369 e. The summed E-state index contributed by atoms with van der Waals surface area (Å²) in [5, 5.41) is 0. The first kappa shape index (κ1) is 25.4. The van der Waals surface area contributed by atoms with Crippen molar-refractivity contribution in [3.05, 3.63) is 47.3 Å². The molecule has 0 aliphatic heterocycles. The highest BCUT2D eigenvalue weighted by atomic mass is 35.6. The molecule has 29 heavy (non-hydrogen) atoms. The molecule has 0 spiro atoms. The lowest BCUT2D eigenvalue weighted by Gasteiger charge is -2.22. The summed E-state index contributed by atoms with van der Waals surface area (Å²) in [6.45, 7) is 1.40. The highest BCUT2D eigenvalue weighted by Crippen LogP contribution is 2.40. The molecule has 2 rings (SSSR count). The number of alkyl halides is 8. The van der Waals surface area contributed by atoms with Gasteiger partial charge >= 0.3 is 0 Å². The third-order valence-corrected chi connectivity index (χ3v) is 4.90. The van der Waals surface area contributed by atoms with Gasteiger partial charge in [0.2, 0.25) is 7.59 Å². The maximum absolute atomic E-state index is 5.87. The molecule has 0 saturated carbocycles. The van der Waals surface area contributed by atoms with Crippen molar-refractivity contribution in [2.45, 2.75) is 7.59 Å². The fourth-order valence-electron chi connectivity index (χ4n) is 2.26. The quantitative estimate of drug-likeness (QED) is 0.345. The number of aromatic nitrogens is 3. The van der Waals surface area contributed by atoms with E-state index in [0.717, 1.165) is 11.3 Å². The van der Waals surface area contributed by atoms with Crippen LogP contribution in [0.4, 0.5) is 5.69 Å². The molecule has 1 aromatic carbocycles. The first-order valence-electron chi connectivity index (χ1n) is 8.10. The monoisotopic (exact) mass is 554 g/mol. The maximum Gasteiger partial charge on any atom is 0.250 e. The van der Waals surface area contributed by atoms with Crippen molar-refractivity contribution in [1.29, 1.82) is 0 Å². The molecule has 0 saturated heterocycles. The van der Waals surface area contributed by atoms with Crippen molar-refractivity contribution in [2.24, 2.45) is 0 Å². The zero-order valence-electron chi connectivity index (χ0n) is 14.6.